The van der Waals surface area contributed by atoms with Crippen LogP contribution in [0.15, 0.2) is 0 Å². The lowest BCUT2D eigenvalue weighted by atomic mass is 9.43. The summed E-state index contributed by atoms with van der Waals surface area (Å²) < 4.78 is 11.7. The highest BCUT2D eigenvalue weighted by Crippen LogP contribution is 2.68. The van der Waals surface area contributed by atoms with Gasteiger partial charge in [0, 0.05) is 19.8 Å². The topological polar surface area (TPSA) is 52.6 Å². The molecule has 0 aromatic rings. The highest BCUT2D eigenvalue weighted by atomic mass is 16.5. The van der Waals surface area contributed by atoms with E-state index in [1.165, 1.54) is 39.0 Å². The summed E-state index contributed by atoms with van der Waals surface area (Å²) in [6, 6.07) is 0. The van der Waals surface area contributed by atoms with Gasteiger partial charge in [-0.15, -0.1) is 0 Å². The monoisotopic (exact) mass is 432 g/mol. The zero-order chi connectivity index (χ0) is 22.6. The number of ether oxygens (including phenoxy) is 2. The maximum Gasteiger partial charge on any atom is 0.302 e. The predicted molar refractivity (Wildman–Crippen MR) is 121 cm³/mol. The molecule has 0 bridgehead atoms. The van der Waals surface area contributed by atoms with Crippen molar-refractivity contribution in [1.29, 1.82) is 0 Å². The molecule has 0 aromatic heterocycles. The smallest absolute Gasteiger partial charge is 0.302 e. The minimum absolute atomic E-state index is 0.0250. The second-order valence-electron chi connectivity index (χ2n) is 12.0. The van der Waals surface area contributed by atoms with Crippen LogP contribution in [0.4, 0.5) is 0 Å². The van der Waals surface area contributed by atoms with Gasteiger partial charge in [-0.25, -0.2) is 0 Å². The third-order valence-corrected chi connectivity index (χ3v) is 10.7. The van der Waals surface area contributed by atoms with E-state index < -0.39 is 0 Å². The van der Waals surface area contributed by atoms with Crippen LogP contribution < -0.4 is 0 Å². The van der Waals surface area contributed by atoms with Crippen LogP contribution in [0.25, 0.3) is 0 Å². The van der Waals surface area contributed by atoms with E-state index in [-0.39, 0.29) is 29.6 Å². The summed E-state index contributed by atoms with van der Waals surface area (Å²) in [4.78, 5) is 23.7. The fourth-order valence-corrected chi connectivity index (χ4v) is 9.10. The summed E-state index contributed by atoms with van der Waals surface area (Å²) in [6.45, 7) is 12.9. The Labute approximate surface area is 189 Å². The van der Waals surface area contributed by atoms with Crippen molar-refractivity contribution in [3.63, 3.8) is 0 Å². The second-order valence-corrected chi connectivity index (χ2v) is 12.0. The molecule has 0 saturated heterocycles. The first-order valence-corrected chi connectivity index (χ1v) is 12.9. The van der Waals surface area contributed by atoms with Crippen molar-refractivity contribution in [2.24, 2.45) is 46.3 Å². The van der Waals surface area contributed by atoms with E-state index in [1.54, 1.807) is 6.92 Å². The normalized spacial score (nSPS) is 47.5. The average molecular weight is 433 g/mol. The SMILES string of the molecule is CCC(C)C1CCC2C3C(CC[C@]12C)[C@@]1(C)CC[C@@H](OC(C)=O)CC1C[C@H]3OC(C)=O. The highest BCUT2D eigenvalue weighted by Gasteiger charge is 2.63. The standard InChI is InChI=1S/C27H44O4/c1-7-16(2)21-8-9-22-25-23(11-13-27(21,22)6)26(5)12-10-20(30-17(3)28)14-19(26)15-24(25)31-18(4)29/h16,19-25H,7-15H2,1-6H3/t16?,19?,20-,21?,22?,23?,24-,25?,26+,27-/m1/s1. The van der Waals surface area contributed by atoms with E-state index in [4.69, 9.17) is 9.47 Å². The van der Waals surface area contributed by atoms with Gasteiger partial charge in [-0.3, -0.25) is 9.59 Å². The number of hydrogen-bond acceptors (Lipinski definition) is 4. The second kappa shape index (κ2) is 8.37. The van der Waals surface area contributed by atoms with Gasteiger partial charge in [-0.2, -0.15) is 0 Å². The van der Waals surface area contributed by atoms with Gasteiger partial charge in [0.25, 0.3) is 0 Å². The Kier molecular flexibility index (Phi) is 6.24. The molecule has 4 nitrogen and oxygen atoms in total. The van der Waals surface area contributed by atoms with Crippen molar-refractivity contribution in [2.75, 3.05) is 0 Å². The molecular weight excluding hydrogens is 388 g/mol. The van der Waals surface area contributed by atoms with E-state index in [0.29, 0.717) is 29.1 Å². The number of carbonyl (C=O) groups excluding carboxylic acids is 2. The van der Waals surface area contributed by atoms with Gasteiger partial charge in [-0.05, 0) is 91.8 Å². The van der Waals surface area contributed by atoms with Crippen molar-refractivity contribution in [3.05, 3.63) is 0 Å². The molecule has 31 heavy (non-hydrogen) atoms. The summed E-state index contributed by atoms with van der Waals surface area (Å²) in [5.41, 5.74) is 0.654. The molecule has 0 heterocycles. The molecule has 4 rings (SSSR count). The zero-order valence-corrected chi connectivity index (χ0v) is 20.6. The van der Waals surface area contributed by atoms with E-state index >= 15 is 0 Å². The molecule has 176 valence electrons. The van der Waals surface area contributed by atoms with Gasteiger partial charge in [0.2, 0.25) is 0 Å². The predicted octanol–water partition coefficient (Wildman–Crippen LogP) is 6.16. The molecule has 0 amide bonds. The van der Waals surface area contributed by atoms with Crippen LogP contribution in [-0.4, -0.2) is 24.1 Å². The molecule has 0 aromatic carbocycles. The lowest BCUT2D eigenvalue weighted by Gasteiger charge is -2.62. The summed E-state index contributed by atoms with van der Waals surface area (Å²) >= 11 is 0. The fraction of sp³-hybridized carbons (Fsp3) is 0.926. The molecule has 4 saturated carbocycles. The molecule has 4 aliphatic carbocycles. The van der Waals surface area contributed by atoms with Crippen LogP contribution >= 0.6 is 0 Å². The number of hydrogen-bond donors (Lipinski definition) is 0. The average Bonchev–Trinajstić information content (AvgIpc) is 3.04. The molecule has 6 unspecified atom stereocenters. The van der Waals surface area contributed by atoms with Crippen LogP contribution in [0, 0.1) is 46.3 Å². The Morgan fingerprint density at radius 3 is 2.19 bits per heavy atom. The third kappa shape index (κ3) is 3.84. The van der Waals surface area contributed by atoms with Crippen molar-refractivity contribution in [3.8, 4) is 0 Å². The van der Waals surface area contributed by atoms with Crippen LogP contribution in [0.3, 0.4) is 0 Å². The highest BCUT2D eigenvalue weighted by molar-refractivity contribution is 5.66. The Morgan fingerprint density at radius 2 is 1.55 bits per heavy atom. The third-order valence-electron chi connectivity index (χ3n) is 10.7. The number of rotatable bonds is 4. The van der Waals surface area contributed by atoms with Crippen molar-refractivity contribution in [2.45, 2.75) is 112 Å². The Hall–Kier alpha value is -1.06. The van der Waals surface area contributed by atoms with E-state index in [9.17, 15) is 9.59 Å². The fourth-order valence-electron chi connectivity index (χ4n) is 9.10. The van der Waals surface area contributed by atoms with Crippen LogP contribution in [-0.2, 0) is 19.1 Å². The number of carbonyl (C=O) groups is 2. The van der Waals surface area contributed by atoms with Crippen LogP contribution in [0.2, 0.25) is 0 Å². The lowest BCUT2D eigenvalue weighted by molar-refractivity contribution is -0.197. The minimum atomic E-state index is -0.172. The van der Waals surface area contributed by atoms with Gasteiger partial charge in [0.15, 0.2) is 0 Å². The molecule has 0 aliphatic heterocycles. The van der Waals surface area contributed by atoms with Gasteiger partial charge >= 0.3 is 11.9 Å². The first-order valence-electron chi connectivity index (χ1n) is 12.9. The molecular formula is C27H44O4. The minimum Gasteiger partial charge on any atom is -0.463 e. The Bertz CT molecular complexity index is 703. The van der Waals surface area contributed by atoms with E-state index in [1.807, 2.05) is 0 Å². The first-order chi connectivity index (χ1) is 14.6. The van der Waals surface area contributed by atoms with E-state index in [0.717, 1.165) is 37.5 Å². The lowest BCUT2D eigenvalue weighted by Crippen LogP contribution is -2.59. The number of fused-ring (bicyclic) bond motifs is 5. The molecule has 0 radical (unpaired) electrons. The maximum absolute atomic E-state index is 12.1. The molecule has 10 atom stereocenters. The maximum atomic E-state index is 12.1. The molecule has 4 heteroatoms. The van der Waals surface area contributed by atoms with Crippen molar-refractivity contribution < 1.29 is 19.1 Å². The first kappa shape index (κ1) is 23.1. The van der Waals surface area contributed by atoms with Gasteiger partial charge < -0.3 is 9.47 Å². The zero-order valence-electron chi connectivity index (χ0n) is 20.6. The molecule has 4 fully saturated rings. The van der Waals surface area contributed by atoms with Crippen LogP contribution in [0.5, 0.6) is 0 Å². The summed E-state index contributed by atoms with van der Waals surface area (Å²) in [7, 11) is 0. The van der Waals surface area contributed by atoms with Crippen LogP contribution in [0.1, 0.15) is 99.3 Å². The Balaban J connectivity index is 1.64. The Morgan fingerprint density at radius 1 is 0.903 bits per heavy atom. The molecule has 4 aliphatic rings. The quantitative estimate of drug-likeness (QED) is 0.499. The summed E-state index contributed by atoms with van der Waals surface area (Å²) in [6.07, 6.45) is 10.5. The van der Waals surface area contributed by atoms with Crippen molar-refractivity contribution >= 4 is 11.9 Å². The number of esters is 2. The van der Waals surface area contributed by atoms with Gasteiger partial charge in [0.1, 0.15) is 12.2 Å². The van der Waals surface area contributed by atoms with Gasteiger partial charge in [-0.1, -0.05) is 34.1 Å². The molecule has 0 spiro atoms. The van der Waals surface area contributed by atoms with Crippen molar-refractivity contribution in [1.82, 2.24) is 0 Å². The summed E-state index contributed by atoms with van der Waals surface area (Å²) in [5, 5.41) is 0. The summed E-state index contributed by atoms with van der Waals surface area (Å²) in [5.74, 6) is 3.49. The largest absolute Gasteiger partial charge is 0.463 e. The molecule has 0 N–H and O–H groups in total. The van der Waals surface area contributed by atoms with E-state index in [2.05, 4.69) is 27.7 Å². The van der Waals surface area contributed by atoms with Gasteiger partial charge in [0.05, 0.1) is 0 Å².